The Labute approximate surface area is 117 Å². The van der Waals surface area contributed by atoms with Crippen LogP contribution in [0, 0.1) is 16.0 Å². The van der Waals surface area contributed by atoms with Crippen molar-refractivity contribution in [3.8, 4) is 0 Å². The average Bonchev–Trinajstić information content (AvgIpc) is 3.22. The summed E-state index contributed by atoms with van der Waals surface area (Å²) in [5.41, 5.74) is 1.42. The van der Waals surface area contributed by atoms with Gasteiger partial charge in [0.05, 0.1) is 10.4 Å². The van der Waals surface area contributed by atoms with Gasteiger partial charge < -0.3 is 5.32 Å². The Kier molecular flexibility index (Phi) is 3.26. The molecule has 0 saturated heterocycles. The molecule has 1 heterocycles. The largest absolute Gasteiger partial charge is 0.376 e. The van der Waals surface area contributed by atoms with E-state index < -0.39 is 0 Å². The maximum atomic E-state index is 11.2. The van der Waals surface area contributed by atoms with Gasteiger partial charge in [0.2, 0.25) is 0 Å². The Morgan fingerprint density at radius 2 is 2.20 bits per heavy atom. The summed E-state index contributed by atoms with van der Waals surface area (Å²) >= 11 is 0. The number of nitrogens with zero attached hydrogens (tertiary/aromatic N) is 2. The highest BCUT2D eigenvalue weighted by molar-refractivity contribution is 5.95. The van der Waals surface area contributed by atoms with E-state index >= 15 is 0 Å². The second kappa shape index (κ2) is 5.07. The first-order valence-electron chi connectivity index (χ1n) is 6.94. The Bertz CT molecular complexity index is 653. The number of fused-ring (bicyclic) bond motifs is 1. The van der Waals surface area contributed by atoms with Crippen molar-refractivity contribution in [3.05, 3.63) is 40.6 Å². The molecule has 20 heavy (non-hydrogen) atoms. The molecule has 1 aromatic carbocycles. The van der Waals surface area contributed by atoms with Gasteiger partial charge in [0.15, 0.2) is 0 Å². The summed E-state index contributed by atoms with van der Waals surface area (Å²) in [5.74, 6) is 0.782. The molecule has 1 fully saturated rings. The summed E-state index contributed by atoms with van der Waals surface area (Å²) in [6.07, 6.45) is 4.97. The number of rotatable bonds is 5. The molecule has 0 bridgehead atoms. The zero-order valence-electron chi connectivity index (χ0n) is 11.4. The quantitative estimate of drug-likeness (QED) is 0.664. The number of aromatic nitrogens is 1. The lowest BCUT2D eigenvalue weighted by Crippen LogP contribution is -2.17. The second-order valence-electron chi connectivity index (χ2n) is 5.52. The molecule has 1 aromatic heterocycles. The number of para-hydroxylation sites is 1. The number of nitro groups is 1. The van der Waals surface area contributed by atoms with Gasteiger partial charge in [-0.2, -0.15) is 0 Å². The van der Waals surface area contributed by atoms with Crippen LogP contribution in [0.2, 0.25) is 0 Å². The summed E-state index contributed by atoms with van der Waals surface area (Å²) in [6, 6.07) is 7.74. The summed E-state index contributed by atoms with van der Waals surface area (Å²) in [6.45, 7) is 2.08. The van der Waals surface area contributed by atoms with E-state index in [0.29, 0.717) is 5.69 Å². The van der Waals surface area contributed by atoms with Crippen LogP contribution in [0.4, 0.5) is 11.4 Å². The van der Waals surface area contributed by atoms with E-state index in [9.17, 15) is 10.1 Å². The summed E-state index contributed by atoms with van der Waals surface area (Å²) < 4.78 is 0. The lowest BCUT2D eigenvalue weighted by atomic mass is 10.1. The highest BCUT2D eigenvalue weighted by Crippen LogP contribution is 2.36. The minimum Gasteiger partial charge on any atom is -0.376 e. The van der Waals surface area contributed by atoms with Crippen molar-refractivity contribution in [2.45, 2.75) is 32.2 Å². The standard InChI is InChI=1S/C15H17N3O2/c1-10(8-11-6-7-11)17-15-12-4-2-3-5-13(12)16-9-14(15)18(19)20/h2-5,9-11H,6-8H2,1H3,(H,16,17). The number of hydrogen-bond donors (Lipinski definition) is 1. The van der Waals surface area contributed by atoms with Gasteiger partial charge in [-0.25, -0.2) is 4.98 Å². The zero-order chi connectivity index (χ0) is 14.1. The van der Waals surface area contributed by atoms with Gasteiger partial charge in [-0.15, -0.1) is 0 Å². The number of anilines is 1. The van der Waals surface area contributed by atoms with E-state index in [-0.39, 0.29) is 16.7 Å². The van der Waals surface area contributed by atoms with Crippen LogP contribution in [0.25, 0.3) is 10.9 Å². The molecule has 0 spiro atoms. The van der Waals surface area contributed by atoms with Crippen molar-refractivity contribution in [1.29, 1.82) is 0 Å². The molecule has 5 nitrogen and oxygen atoms in total. The number of benzene rings is 1. The highest BCUT2D eigenvalue weighted by Gasteiger charge is 2.25. The fraction of sp³-hybridized carbons (Fsp3) is 0.400. The maximum absolute atomic E-state index is 11.2. The van der Waals surface area contributed by atoms with Gasteiger partial charge >= 0.3 is 5.69 Å². The summed E-state index contributed by atoms with van der Waals surface area (Å²) in [5, 5.41) is 15.3. The molecule has 1 saturated carbocycles. The van der Waals surface area contributed by atoms with Crippen LogP contribution < -0.4 is 5.32 Å². The van der Waals surface area contributed by atoms with Crippen molar-refractivity contribution in [3.63, 3.8) is 0 Å². The van der Waals surface area contributed by atoms with Gasteiger partial charge in [0.25, 0.3) is 0 Å². The molecule has 1 aliphatic rings. The van der Waals surface area contributed by atoms with E-state index in [4.69, 9.17) is 0 Å². The normalized spacial score (nSPS) is 16.1. The number of hydrogen-bond acceptors (Lipinski definition) is 4. The molecular weight excluding hydrogens is 254 g/mol. The van der Waals surface area contributed by atoms with Gasteiger partial charge in [-0.05, 0) is 25.3 Å². The minimum atomic E-state index is -0.369. The van der Waals surface area contributed by atoms with Crippen molar-refractivity contribution in [1.82, 2.24) is 4.98 Å². The molecule has 104 valence electrons. The predicted molar refractivity (Wildman–Crippen MR) is 78.8 cm³/mol. The number of nitrogens with one attached hydrogen (secondary N) is 1. The Balaban J connectivity index is 1.99. The van der Waals surface area contributed by atoms with Crippen molar-refractivity contribution < 1.29 is 4.92 Å². The van der Waals surface area contributed by atoms with Crippen LogP contribution in [0.5, 0.6) is 0 Å². The minimum absolute atomic E-state index is 0.0475. The lowest BCUT2D eigenvalue weighted by molar-refractivity contribution is -0.384. The molecule has 1 unspecified atom stereocenters. The van der Waals surface area contributed by atoms with Crippen LogP contribution in [-0.2, 0) is 0 Å². The van der Waals surface area contributed by atoms with Crippen LogP contribution >= 0.6 is 0 Å². The monoisotopic (exact) mass is 271 g/mol. The Morgan fingerprint density at radius 1 is 1.45 bits per heavy atom. The van der Waals surface area contributed by atoms with E-state index in [1.807, 2.05) is 24.3 Å². The van der Waals surface area contributed by atoms with Gasteiger partial charge in [0.1, 0.15) is 11.9 Å². The molecule has 5 heteroatoms. The number of pyridine rings is 1. The maximum Gasteiger partial charge on any atom is 0.311 e. The Hall–Kier alpha value is -2.17. The second-order valence-corrected chi connectivity index (χ2v) is 5.52. The zero-order valence-corrected chi connectivity index (χ0v) is 11.4. The molecule has 3 rings (SSSR count). The molecule has 1 N–H and O–H groups in total. The van der Waals surface area contributed by atoms with Gasteiger partial charge in [0, 0.05) is 11.4 Å². The van der Waals surface area contributed by atoms with Crippen LogP contribution in [0.1, 0.15) is 26.2 Å². The van der Waals surface area contributed by atoms with E-state index in [1.165, 1.54) is 19.0 Å². The summed E-state index contributed by atoms with van der Waals surface area (Å²) in [7, 11) is 0. The molecule has 2 aromatic rings. The molecule has 1 aliphatic carbocycles. The van der Waals surface area contributed by atoms with E-state index in [0.717, 1.165) is 23.2 Å². The van der Waals surface area contributed by atoms with E-state index in [2.05, 4.69) is 17.2 Å². The fourth-order valence-corrected chi connectivity index (χ4v) is 2.58. The van der Waals surface area contributed by atoms with Crippen molar-refractivity contribution in [2.24, 2.45) is 5.92 Å². The van der Waals surface area contributed by atoms with Gasteiger partial charge in [-0.1, -0.05) is 31.0 Å². The molecular formula is C15H17N3O2. The van der Waals surface area contributed by atoms with Crippen LogP contribution in [-0.4, -0.2) is 15.9 Å². The van der Waals surface area contributed by atoms with Crippen molar-refractivity contribution >= 4 is 22.3 Å². The third-order valence-electron chi connectivity index (χ3n) is 3.73. The molecule has 0 radical (unpaired) electrons. The SMILES string of the molecule is CC(CC1CC1)Nc1c([N+](=O)[O-])cnc2ccccc12. The first-order chi connectivity index (χ1) is 9.65. The first-order valence-corrected chi connectivity index (χ1v) is 6.94. The third kappa shape index (κ3) is 2.57. The van der Waals surface area contributed by atoms with Crippen molar-refractivity contribution in [2.75, 3.05) is 5.32 Å². The topological polar surface area (TPSA) is 68.1 Å². The molecule has 0 aliphatic heterocycles. The first kappa shape index (κ1) is 12.8. The predicted octanol–water partition coefficient (Wildman–Crippen LogP) is 3.74. The molecule has 0 amide bonds. The van der Waals surface area contributed by atoms with Gasteiger partial charge in [-0.3, -0.25) is 10.1 Å². The highest BCUT2D eigenvalue weighted by atomic mass is 16.6. The third-order valence-corrected chi connectivity index (χ3v) is 3.73. The average molecular weight is 271 g/mol. The lowest BCUT2D eigenvalue weighted by Gasteiger charge is -2.16. The van der Waals surface area contributed by atoms with Crippen LogP contribution in [0.3, 0.4) is 0 Å². The fourth-order valence-electron chi connectivity index (χ4n) is 2.58. The molecule has 1 atom stereocenters. The van der Waals surface area contributed by atoms with E-state index in [1.54, 1.807) is 0 Å². The van der Waals surface area contributed by atoms with Crippen LogP contribution in [0.15, 0.2) is 30.5 Å². The summed E-state index contributed by atoms with van der Waals surface area (Å²) in [4.78, 5) is 15.0. The smallest absolute Gasteiger partial charge is 0.311 e. The Morgan fingerprint density at radius 3 is 2.90 bits per heavy atom.